The lowest BCUT2D eigenvalue weighted by atomic mass is 10.2. The van der Waals surface area contributed by atoms with E-state index >= 15 is 0 Å². The van der Waals surface area contributed by atoms with Crippen LogP contribution < -0.4 is 4.74 Å². The number of rotatable bonds is 4. The summed E-state index contributed by atoms with van der Waals surface area (Å²) in [5, 5.41) is 8.71. The second kappa shape index (κ2) is 5.60. The zero-order chi connectivity index (χ0) is 13.9. The number of benzene rings is 1. The Hall–Kier alpha value is -1.92. The number of aromatic nitrogens is 3. The van der Waals surface area contributed by atoms with Crippen molar-refractivity contribution in [1.29, 1.82) is 0 Å². The molecule has 2 aromatic heterocycles. The van der Waals surface area contributed by atoms with Gasteiger partial charge in [0.05, 0.1) is 6.61 Å². The molecule has 0 aliphatic heterocycles. The molecule has 2 N–H and O–H groups in total. The van der Waals surface area contributed by atoms with Crippen LogP contribution in [0.4, 0.5) is 0 Å². The highest BCUT2D eigenvalue weighted by Gasteiger charge is 2.06. The molecule has 0 saturated carbocycles. The first-order valence-corrected chi connectivity index (χ1v) is 6.91. The predicted molar refractivity (Wildman–Crippen MR) is 79.6 cm³/mol. The molecular formula is C14H12BrN3O2. The number of pyridine rings is 1. The normalized spacial score (nSPS) is 10.9. The van der Waals surface area contributed by atoms with Crippen LogP contribution in [-0.2, 0) is 0 Å². The van der Waals surface area contributed by atoms with E-state index in [0.717, 1.165) is 32.8 Å². The highest BCUT2D eigenvalue weighted by atomic mass is 79.9. The molecule has 1 aromatic carbocycles. The van der Waals surface area contributed by atoms with Crippen molar-refractivity contribution < 1.29 is 9.84 Å². The molecule has 0 bridgehead atoms. The predicted octanol–water partition coefficient (Wildman–Crippen LogP) is 2.76. The van der Waals surface area contributed by atoms with Crippen molar-refractivity contribution in [2.75, 3.05) is 13.2 Å². The Bertz CT molecular complexity index is 725. The fourth-order valence-corrected chi connectivity index (χ4v) is 2.20. The Kier molecular flexibility index (Phi) is 3.66. The van der Waals surface area contributed by atoms with Gasteiger partial charge in [-0.15, -0.1) is 0 Å². The van der Waals surface area contributed by atoms with Crippen LogP contribution in [0.5, 0.6) is 5.75 Å². The Morgan fingerprint density at radius 2 is 2.05 bits per heavy atom. The number of H-pyrrole nitrogens is 1. The molecule has 2 heterocycles. The van der Waals surface area contributed by atoms with Gasteiger partial charge in [-0.1, -0.05) is 0 Å². The first kappa shape index (κ1) is 13.1. The van der Waals surface area contributed by atoms with E-state index in [9.17, 15) is 0 Å². The minimum atomic E-state index is 0.00583. The SMILES string of the molecule is OCCOc1ccc(-c2nc3cc(Br)cnc3[nH]2)cc1. The lowest BCUT2D eigenvalue weighted by Crippen LogP contribution is -2.01. The fraction of sp³-hybridized carbons (Fsp3) is 0.143. The number of fused-ring (bicyclic) bond motifs is 1. The molecule has 0 radical (unpaired) electrons. The Morgan fingerprint density at radius 3 is 2.80 bits per heavy atom. The molecule has 0 spiro atoms. The van der Waals surface area contributed by atoms with Crippen LogP contribution in [-0.4, -0.2) is 33.3 Å². The van der Waals surface area contributed by atoms with Crippen LogP contribution in [0.3, 0.4) is 0 Å². The number of imidazole rings is 1. The van der Waals surface area contributed by atoms with Gasteiger partial charge in [0.2, 0.25) is 0 Å². The molecule has 3 aromatic rings. The maximum absolute atomic E-state index is 8.71. The van der Waals surface area contributed by atoms with Gasteiger partial charge in [0.25, 0.3) is 0 Å². The standard InChI is InChI=1S/C14H12BrN3O2/c15-10-7-12-14(16-8-10)18-13(17-12)9-1-3-11(4-2-9)20-6-5-19/h1-4,7-8,19H,5-6H2,(H,16,17,18). The van der Waals surface area contributed by atoms with E-state index in [-0.39, 0.29) is 6.61 Å². The van der Waals surface area contributed by atoms with E-state index in [1.165, 1.54) is 0 Å². The Morgan fingerprint density at radius 1 is 1.25 bits per heavy atom. The summed E-state index contributed by atoms with van der Waals surface area (Å²) in [6.07, 6.45) is 1.73. The average Bonchev–Trinajstić information content (AvgIpc) is 2.88. The van der Waals surface area contributed by atoms with Gasteiger partial charge in [0.15, 0.2) is 5.65 Å². The third-order valence-electron chi connectivity index (χ3n) is 2.79. The van der Waals surface area contributed by atoms with Crippen LogP contribution in [0.1, 0.15) is 0 Å². The third-order valence-corrected chi connectivity index (χ3v) is 3.22. The van der Waals surface area contributed by atoms with Crippen LogP contribution >= 0.6 is 15.9 Å². The summed E-state index contributed by atoms with van der Waals surface area (Å²) < 4.78 is 6.22. The van der Waals surface area contributed by atoms with E-state index in [4.69, 9.17) is 9.84 Å². The van der Waals surface area contributed by atoms with Crippen molar-refractivity contribution in [3.05, 3.63) is 41.0 Å². The fourth-order valence-electron chi connectivity index (χ4n) is 1.88. The van der Waals surface area contributed by atoms with Gasteiger partial charge in [0.1, 0.15) is 23.7 Å². The molecule has 5 nitrogen and oxygen atoms in total. The summed E-state index contributed by atoms with van der Waals surface area (Å²) in [4.78, 5) is 12.0. The van der Waals surface area contributed by atoms with E-state index in [0.29, 0.717) is 6.61 Å². The molecule has 0 atom stereocenters. The number of hydrogen-bond donors (Lipinski definition) is 2. The van der Waals surface area contributed by atoms with E-state index in [1.807, 2.05) is 30.3 Å². The van der Waals surface area contributed by atoms with E-state index < -0.39 is 0 Å². The number of hydrogen-bond acceptors (Lipinski definition) is 4. The molecule has 0 aliphatic carbocycles. The third kappa shape index (κ3) is 2.66. The topological polar surface area (TPSA) is 71.0 Å². The van der Waals surface area contributed by atoms with Crippen LogP contribution in [0, 0.1) is 0 Å². The molecule has 0 amide bonds. The first-order valence-electron chi connectivity index (χ1n) is 6.11. The van der Waals surface area contributed by atoms with Gasteiger partial charge in [-0.05, 0) is 46.3 Å². The summed E-state index contributed by atoms with van der Waals surface area (Å²) in [5.41, 5.74) is 2.52. The molecule has 0 aliphatic rings. The van der Waals surface area contributed by atoms with Crippen molar-refractivity contribution in [1.82, 2.24) is 15.0 Å². The second-order valence-electron chi connectivity index (χ2n) is 4.20. The molecule has 0 fully saturated rings. The Labute approximate surface area is 123 Å². The van der Waals surface area contributed by atoms with E-state index in [1.54, 1.807) is 6.20 Å². The van der Waals surface area contributed by atoms with Crippen LogP contribution in [0.15, 0.2) is 41.0 Å². The quantitative estimate of drug-likeness (QED) is 0.770. The first-order chi connectivity index (χ1) is 9.76. The molecule has 0 unspecified atom stereocenters. The summed E-state index contributed by atoms with van der Waals surface area (Å²) in [5.74, 6) is 1.49. The minimum Gasteiger partial charge on any atom is -0.491 e. The van der Waals surface area contributed by atoms with Gasteiger partial charge in [-0.2, -0.15) is 0 Å². The molecule has 6 heteroatoms. The number of aromatic amines is 1. The number of aliphatic hydroxyl groups excluding tert-OH is 1. The number of aliphatic hydroxyl groups is 1. The molecule has 3 rings (SSSR count). The smallest absolute Gasteiger partial charge is 0.157 e. The number of nitrogens with one attached hydrogen (secondary N) is 1. The largest absolute Gasteiger partial charge is 0.491 e. The summed E-state index contributed by atoms with van der Waals surface area (Å²) in [7, 11) is 0. The van der Waals surface area contributed by atoms with Crippen molar-refractivity contribution in [3.63, 3.8) is 0 Å². The molecule has 0 saturated heterocycles. The lowest BCUT2D eigenvalue weighted by Gasteiger charge is -2.04. The number of halogens is 1. The van der Waals surface area contributed by atoms with Crippen molar-refractivity contribution in [2.45, 2.75) is 0 Å². The highest BCUT2D eigenvalue weighted by molar-refractivity contribution is 9.10. The van der Waals surface area contributed by atoms with Crippen molar-refractivity contribution in [3.8, 4) is 17.1 Å². The monoisotopic (exact) mass is 333 g/mol. The zero-order valence-corrected chi connectivity index (χ0v) is 12.1. The van der Waals surface area contributed by atoms with Gasteiger partial charge in [-0.25, -0.2) is 9.97 Å². The summed E-state index contributed by atoms with van der Waals surface area (Å²) in [6, 6.07) is 9.45. The summed E-state index contributed by atoms with van der Waals surface area (Å²) >= 11 is 3.38. The molecular weight excluding hydrogens is 322 g/mol. The Balaban J connectivity index is 1.90. The van der Waals surface area contributed by atoms with Crippen LogP contribution in [0.25, 0.3) is 22.6 Å². The lowest BCUT2D eigenvalue weighted by molar-refractivity contribution is 0.201. The second-order valence-corrected chi connectivity index (χ2v) is 5.12. The van der Waals surface area contributed by atoms with Crippen molar-refractivity contribution in [2.24, 2.45) is 0 Å². The van der Waals surface area contributed by atoms with E-state index in [2.05, 4.69) is 30.9 Å². The number of nitrogens with zero attached hydrogens (tertiary/aromatic N) is 2. The van der Waals surface area contributed by atoms with Gasteiger partial charge in [0, 0.05) is 16.2 Å². The van der Waals surface area contributed by atoms with Gasteiger partial charge >= 0.3 is 0 Å². The average molecular weight is 334 g/mol. The zero-order valence-electron chi connectivity index (χ0n) is 10.5. The van der Waals surface area contributed by atoms with Crippen molar-refractivity contribution >= 4 is 27.1 Å². The highest BCUT2D eigenvalue weighted by Crippen LogP contribution is 2.23. The minimum absolute atomic E-state index is 0.00583. The van der Waals surface area contributed by atoms with Gasteiger partial charge in [-0.3, -0.25) is 0 Å². The molecule has 20 heavy (non-hydrogen) atoms. The maximum Gasteiger partial charge on any atom is 0.157 e. The maximum atomic E-state index is 8.71. The van der Waals surface area contributed by atoms with Crippen LogP contribution in [0.2, 0.25) is 0 Å². The van der Waals surface area contributed by atoms with Gasteiger partial charge < -0.3 is 14.8 Å². The number of ether oxygens (including phenoxy) is 1. The molecule has 102 valence electrons. The summed E-state index contributed by atoms with van der Waals surface area (Å²) in [6.45, 7) is 0.299.